The Morgan fingerprint density at radius 3 is 2.86 bits per heavy atom. The molecule has 0 saturated carbocycles. The second-order valence-corrected chi connectivity index (χ2v) is 5.75. The number of amides is 1. The standard InChI is InChI=1S/C14H17N3O3S/c1-3-17-12(18)7-6-10(16-17)13(19)15-9-14(2,20)11-5-4-8-21-11/h4-8,20H,3,9H2,1-2H3,(H,15,19). The molecule has 21 heavy (non-hydrogen) atoms. The van der Waals surface area contributed by atoms with Crippen molar-refractivity contribution in [2.24, 2.45) is 0 Å². The van der Waals surface area contributed by atoms with Crippen molar-refractivity contribution < 1.29 is 9.90 Å². The zero-order valence-electron chi connectivity index (χ0n) is 11.9. The SMILES string of the molecule is CCn1nc(C(=O)NCC(C)(O)c2cccs2)ccc1=O. The lowest BCUT2D eigenvalue weighted by Crippen LogP contribution is -2.39. The number of nitrogens with one attached hydrogen (secondary N) is 1. The Kier molecular flexibility index (Phi) is 4.54. The average molecular weight is 307 g/mol. The van der Waals surface area contributed by atoms with E-state index in [-0.39, 0.29) is 17.8 Å². The first-order chi connectivity index (χ1) is 9.94. The average Bonchev–Trinajstić information content (AvgIpc) is 3.00. The van der Waals surface area contributed by atoms with E-state index in [2.05, 4.69) is 10.4 Å². The van der Waals surface area contributed by atoms with Crippen molar-refractivity contribution in [3.63, 3.8) is 0 Å². The van der Waals surface area contributed by atoms with Gasteiger partial charge in [-0.3, -0.25) is 9.59 Å². The number of aryl methyl sites for hydroxylation is 1. The summed E-state index contributed by atoms with van der Waals surface area (Å²) < 4.78 is 1.21. The van der Waals surface area contributed by atoms with E-state index in [4.69, 9.17) is 0 Å². The molecule has 0 aliphatic heterocycles. The molecule has 0 radical (unpaired) electrons. The molecule has 2 rings (SSSR count). The minimum Gasteiger partial charge on any atom is -0.383 e. The summed E-state index contributed by atoms with van der Waals surface area (Å²) in [5.41, 5.74) is -1.23. The second-order valence-electron chi connectivity index (χ2n) is 4.81. The van der Waals surface area contributed by atoms with Gasteiger partial charge in [0.2, 0.25) is 0 Å². The Morgan fingerprint density at radius 1 is 1.48 bits per heavy atom. The van der Waals surface area contributed by atoms with Crippen LogP contribution in [0.4, 0.5) is 0 Å². The number of aromatic nitrogens is 2. The number of nitrogens with zero attached hydrogens (tertiary/aromatic N) is 2. The Balaban J connectivity index is 2.07. The molecule has 112 valence electrons. The van der Waals surface area contributed by atoms with Crippen LogP contribution in [0.2, 0.25) is 0 Å². The molecule has 0 aliphatic rings. The molecule has 1 unspecified atom stereocenters. The lowest BCUT2D eigenvalue weighted by Gasteiger charge is -2.22. The quantitative estimate of drug-likeness (QED) is 0.862. The largest absolute Gasteiger partial charge is 0.383 e. The number of hydrogen-bond acceptors (Lipinski definition) is 5. The maximum atomic E-state index is 12.0. The minimum atomic E-state index is -1.14. The topological polar surface area (TPSA) is 84.2 Å². The van der Waals surface area contributed by atoms with Gasteiger partial charge in [-0.1, -0.05) is 6.07 Å². The van der Waals surface area contributed by atoms with Crippen LogP contribution in [0.25, 0.3) is 0 Å². The molecule has 7 heteroatoms. The molecule has 6 nitrogen and oxygen atoms in total. The number of aliphatic hydroxyl groups is 1. The van der Waals surface area contributed by atoms with Gasteiger partial charge in [-0.15, -0.1) is 11.3 Å². The van der Waals surface area contributed by atoms with Crippen molar-refractivity contribution in [3.8, 4) is 0 Å². The smallest absolute Gasteiger partial charge is 0.271 e. The number of carbonyl (C=O) groups is 1. The summed E-state index contributed by atoms with van der Waals surface area (Å²) in [5, 5.41) is 18.8. The number of hydrogen-bond donors (Lipinski definition) is 2. The van der Waals surface area contributed by atoms with Crippen molar-refractivity contribution in [3.05, 3.63) is 50.6 Å². The van der Waals surface area contributed by atoms with Crippen LogP contribution in [0.3, 0.4) is 0 Å². The highest BCUT2D eigenvalue weighted by atomic mass is 32.1. The molecule has 1 amide bonds. The van der Waals surface area contributed by atoms with Gasteiger partial charge in [0.1, 0.15) is 11.3 Å². The molecule has 2 aromatic rings. The van der Waals surface area contributed by atoms with E-state index in [0.717, 1.165) is 4.88 Å². The molecular weight excluding hydrogens is 290 g/mol. The molecule has 2 heterocycles. The van der Waals surface area contributed by atoms with E-state index >= 15 is 0 Å². The summed E-state index contributed by atoms with van der Waals surface area (Å²) in [6, 6.07) is 6.34. The van der Waals surface area contributed by atoms with Crippen molar-refractivity contribution in [2.75, 3.05) is 6.54 Å². The molecular formula is C14H17N3O3S. The summed E-state index contributed by atoms with van der Waals surface area (Å²) in [7, 11) is 0. The summed E-state index contributed by atoms with van der Waals surface area (Å²) >= 11 is 1.42. The van der Waals surface area contributed by atoms with Crippen LogP contribution in [0, 0.1) is 0 Å². The van der Waals surface area contributed by atoms with E-state index in [9.17, 15) is 14.7 Å². The number of carbonyl (C=O) groups excluding carboxylic acids is 1. The Hall–Kier alpha value is -1.99. The zero-order chi connectivity index (χ0) is 15.5. The normalized spacial score (nSPS) is 13.7. The highest BCUT2D eigenvalue weighted by Crippen LogP contribution is 2.24. The molecule has 0 aliphatic carbocycles. The fourth-order valence-corrected chi connectivity index (χ4v) is 2.60. The first-order valence-corrected chi connectivity index (χ1v) is 7.45. The van der Waals surface area contributed by atoms with Crippen molar-refractivity contribution >= 4 is 17.2 Å². The van der Waals surface area contributed by atoms with Crippen LogP contribution in [-0.4, -0.2) is 27.3 Å². The Labute approximate surface area is 126 Å². The maximum Gasteiger partial charge on any atom is 0.271 e. The lowest BCUT2D eigenvalue weighted by molar-refractivity contribution is 0.0554. The molecule has 0 fully saturated rings. The third kappa shape index (κ3) is 3.56. The van der Waals surface area contributed by atoms with Gasteiger partial charge in [0.25, 0.3) is 11.5 Å². The predicted octanol–water partition coefficient (Wildman–Crippen LogP) is 0.962. The molecule has 0 bridgehead atoms. The zero-order valence-corrected chi connectivity index (χ0v) is 12.7. The van der Waals surface area contributed by atoms with Crippen LogP contribution in [-0.2, 0) is 12.1 Å². The van der Waals surface area contributed by atoms with E-state index in [1.165, 1.54) is 28.2 Å². The summed E-state index contributed by atoms with van der Waals surface area (Å²) in [6.07, 6.45) is 0. The van der Waals surface area contributed by atoms with Crippen LogP contribution in [0.5, 0.6) is 0 Å². The number of rotatable bonds is 5. The molecule has 0 aromatic carbocycles. The van der Waals surface area contributed by atoms with Gasteiger partial charge in [0, 0.05) is 17.5 Å². The monoisotopic (exact) mass is 307 g/mol. The predicted molar refractivity (Wildman–Crippen MR) is 80.4 cm³/mol. The first-order valence-electron chi connectivity index (χ1n) is 6.57. The maximum absolute atomic E-state index is 12.0. The van der Waals surface area contributed by atoms with Gasteiger partial charge in [-0.05, 0) is 31.4 Å². The van der Waals surface area contributed by atoms with E-state index < -0.39 is 11.5 Å². The summed E-state index contributed by atoms with van der Waals surface area (Å²) in [4.78, 5) is 24.2. The molecule has 2 aromatic heterocycles. The lowest BCUT2D eigenvalue weighted by atomic mass is 10.1. The van der Waals surface area contributed by atoms with Gasteiger partial charge in [0.15, 0.2) is 0 Å². The molecule has 0 saturated heterocycles. The number of thiophene rings is 1. The van der Waals surface area contributed by atoms with E-state index in [1.54, 1.807) is 13.8 Å². The van der Waals surface area contributed by atoms with Gasteiger partial charge >= 0.3 is 0 Å². The van der Waals surface area contributed by atoms with Crippen LogP contribution >= 0.6 is 11.3 Å². The highest BCUT2D eigenvalue weighted by molar-refractivity contribution is 7.10. The van der Waals surface area contributed by atoms with Crippen LogP contribution in [0.1, 0.15) is 29.2 Å². The van der Waals surface area contributed by atoms with Gasteiger partial charge in [0.05, 0.1) is 6.54 Å². The van der Waals surface area contributed by atoms with Crippen molar-refractivity contribution in [1.29, 1.82) is 0 Å². The minimum absolute atomic E-state index is 0.0687. The first kappa shape index (κ1) is 15.4. The Bertz CT molecular complexity index is 677. The van der Waals surface area contributed by atoms with Crippen molar-refractivity contribution in [1.82, 2.24) is 15.1 Å². The van der Waals surface area contributed by atoms with Gasteiger partial charge in [-0.2, -0.15) is 5.10 Å². The summed E-state index contributed by atoms with van der Waals surface area (Å²) in [5.74, 6) is -0.422. The van der Waals surface area contributed by atoms with Crippen LogP contribution in [0.15, 0.2) is 34.4 Å². The highest BCUT2D eigenvalue weighted by Gasteiger charge is 2.25. The third-order valence-corrected chi connectivity index (χ3v) is 4.17. The fourth-order valence-electron chi connectivity index (χ4n) is 1.81. The third-order valence-electron chi connectivity index (χ3n) is 3.04. The second kappa shape index (κ2) is 6.19. The van der Waals surface area contributed by atoms with Gasteiger partial charge in [-0.25, -0.2) is 4.68 Å². The molecule has 0 spiro atoms. The Morgan fingerprint density at radius 2 is 2.24 bits per heavy atom. The van der Waals surface area contributed by atoms with E-state index in [1.807, 2.05) is 17.5 Å². The van der Waals surface area contributed by atoms with Gasteiger partial charge < -0.3 is 10.4 Å². The van der Waals surface area contributed by atoms with E-state index in [0.29, 0.717) is 6.54 Å². The molecule has 1 atom stereocenters. The fraction of sp³-hybridized carbons (Fsp3) is 0.357. The molecule has 2 N–H and O–H groups in total. The summed E-state index contributed by atoms with van der Waals surface area (Å²) in [6.45, 7) is 3.88. The van der Waals surface area contributed by atoms with Crippen LogP contribution < -0.4 is 10.9 Å². The van der Waals surface area contributed by atoms with Crippen molar-refractivity contribution in [2.45, 2.75) is 26.0 Å².